The van der Waals surface area contributed by atoms with Crippen LogP contribution < -0.4 is 20.2 Å². The van der Waals surface area contributed by atoms with E-state index in [0.29, 0.717) is 16.6 Å². The molecule has 0 aliphatic heterocycles. The summed E-state index contributed by atoms with van der Waals surface area (Å²) in [6, 6.07) is 24.1. The number of benzene rings is 3. The lowest BCUT2D eigenvalue weighted by molar-refractivity contribution is 0.355. The Morgan fingerprint density at radius 2 is 1.66 bits per heavy atom. The molecule has 0 unspecified atom stereocenters. The molecule has 2 N–H and O–H groups in total. The highest BCUT2D eigenvalue weighted by Crippen LogP contribution is 2.32. The fraction of sp³-hybridized carbons (Fsp3) is 0.120. The number of rotatable bonds is 6. The molecule has 4 aromatic rings. The van der Waals surface area contributed by atoms with Crippen LogP contribution in [-0.2, 0) is 7.05 Å². The smallest absolute Gasteiger partial charge is 0.191 e. The van der Waals surface area contributed by atoms with Crippen molar-refractivity contribution in [1.29, 1.82) is 0 Å². The van der Waals surface area contributed by atoms with Crippen LogP contribution in [-0.4, -0.2) is 30.1 Å². The Morgan fingerprint density at radius 1 is 0.938 bits per heavy atom. The van der Waals surface area contributed by atoms with Gasteiger partial charge in [0.1, 0.15) is 0 Å². The van der Waals surface area contributed by atoms with Gasteiger partial charge in [0.2, 0.25) is 0 Å². The van der Waals surface area contributed by atoms with Gasteiger partial charge >= 0.3 is 0 Å². The van der Waals surface area contributed by atoms with E-state index in [1.165, 1.54) is 0 Å². The van der Waals surface area contributed by atoms with Crippen LogP contribution in [0.5, 0.6) is 11.5 Å². The summed E-state index contributed by atoms with van der Waals surface area (Å²) in [5, 5.41) is 9.02. The van der Waals surface area contributed by atoms with Crippen LogP contribution in [0.1, 0.15) is 5.56 Å². The SMILES string of the molecule is COc1ccc(NC(=S)N/N=C/c2c(-c3ccccc3)n(C)c3ccccc23)cc1OC. The summed E-state index contributed by atoms with van der Waals surface area (Å²) in [7, 11) is 5.26. The number of fused-ring (bicyclic) bond motifs is 1. The molecule has 0 fully saturated rings. The predicted molar refractivity (Wildman–Crippen MR) is 135 cm³/mol. The van der Waals surface area contributed by atoms with E-state index in [4.69, 9.17) is 21.7 Å². The Bertz CT molecular complexity index is 1280. The standard InChI is InChI=1S/C25H24N4O2S/c1-29-21-12-8-7-11-19(21)20(24(29)17-9-5-4-6-10-17)16-26-28-25(32)27-18-13-14-22(30-2)23(15-18)31-3/h4-16H,1-3H3,(H2,27,28,32)/b26-16+. The molecule has 32 heavy (non-hydrogen) atoms. The van der Waals surface area contributed by atoms with Gasteiger partial charge in [-0.1, -0.05) is 48.5 Å². The fourth-order valence-electron chi connectivity index (χ4n) is 3.73. The third-order valence-corrected chi connectivity index (χ3v) is 5.39. The maximum absolute atomic E-state index is 5.41. The maximum Gasteiger partial charge on any atom is 0.191 e. The Morgan fingerprint density at radius 3 is 2.41 bits per heavy atom. The largest absolute Gasteiger partial charge is 0.493 e. The molecule has 0 saturated carbocycles. The normalized spacial score (nSPS) is 11.0. The molecule has 0 amide bonds. The molecule has 0 atom stereocenters. The van der Waals surface area contributed by atoms with Crippen molar-refractivity contribution in [3.05, 3.63) is 78.4 Å². The molecule has 1 aromatic heterocycles. The first-order valence-electron chi connectivity index (χ1n) is 10.1. The van der Waals surface area contributed by atoms with Crippen molar-refractivity contribution >= 4 is 40.1 Å². The van der Waals surface area contributed by atoms with Crippen molar-refractivity contribution < 1.29 is 9.47 Å². The molecule has 0 aliphatic carbocycles. The van der Waals surface area contributed by atoms with Crippen LogP contribution in [0.15, 0.2) is 77.9 Å². The topological polar surface area (TPSA) is 59.8 Å². The molecule has 1 heterocycles. The van der Waals surface area contributed by atoms with E-state index >= 15 is 0 Å². The van der Waals surface area contributed by atoms with Gasteiger partial charge in [0.25, 0.3) is 0 Å². The first kappa shape index (κ1) is 21.4. The number of para-hydroxylation sites is 1. The average molecular weight is 445 g/mol. The summed E-state index contributed by atoms with van der Waals surface area (Å²) in [4.78, 5) is 0. The Balaban J connectivity index is 1.57. The van der Waals surface area contributed by atoms with Gasteiger partial charge in [-0.25, -0.2) is 0 Å². The fourth-order valence-corrected chi connectivity index (χ4v) is 3.90. The van der Waals surface area contributed by atoms with Crippen molar-refractivity contribution in [2.75, 3.05) is 19.5 Å². The quantitative estimate of drug-likeness (QED) is 0.244. The number of nitrogens with one attached hydrogen (secondary N) is 2. The minimum Gasteiger partial charge on any atom is -0.493 e. The zero-order chi connectivity index (χ0) is 22.5. The second kappa shape index (κ2) is 9.53. The van der Waals surface area contributed by atoms with Gasteiger partial charge in [-0.2, -0.15) is 5.10 Å². The lowest BCUT2D eigenvalue weighted by Crippen LogP contribution is -2.23. The average Bonchev–Trinajstić information content (AvgIpc) is 3.11. The predicted octanol–water partition coefficient (Wildman–Crippen LogP) is 5.18. The third kappa shape index (κ3) is 4.29. The van der Waals surface area contributed by atoms with Crippen molar-refractivity contribution in [3.63, 3.8) is 0 Å². The highest BCUT2D eigenvalue weighted by atomic mass is 32.1. The highest BCUT2D eigenvalue weighted by Gasteiger charge is 2.15. The van der Waals surface area contributed by atoms with E-state index in [1.807, 2.05) is 54.7 Å². The van der Waals surface area contributed by atoms with E-state index in [-0.39, 0.29) is 0 Å². The van der Waals surface area contributed by atoms with Gasteiger partial charge in [0.05, 0.1) is 26.1 Å². The highest BCUT2D eigenvalue weighted by molar-refractivity contribution is 7.80. The minimum absolute atomic E-state index is 0.370. The molecule has 162 valence electrons. The number of methoxy groups -OCH3 is 2. The first-order chi connectivity index (χ1) is 15.6. The summed E-state index contributed by atoms with van der Waals surface area (Å²) in [6.07, 6.45) is 1.81. The lowest BCUT2D eigenvalue weighted by atomic mass is 10.1. The van der Waals surface area contributed by atoms with E-state index in [9.17, 15) is 0 Å². The number of hydrogen-bond donors (Lipinski definition) is 2. The van der Waals surface area contributed by atoms with Gasteiger partial charge in [0.15, 0.2) is 16.6 Å². The molecule has 3 aromatic carbocycles. The van der Waals surface area contributed by atoms with Crippen LogP contribution in [0, 0.1) is 0 Å². The van der Waals surface area contributed by atoms with Crippen LogP contribution in [0.3, 0.4) is 0 Å². The number of nitrogens with zero attached hydrogens (tertiary/aromatic N) is 2. The number of anilines is 1. The molecule has 0 saturated heterocycles. The van der Waals surface area contributed by atoms with Crippen molar-refractivity contribution in [3.8, 4) is 22.8 Å². The molecular formula is C25H24N4O2S. The van der Waals surface area contributed by atoms with Crippen LogP contribution >= 0.6 is 12.2 Å². The molecule has 0 bridgehead atoms. The molecule has 7 heteroatoms. The van der Waals surface area contributed by atoms with Gasteiger partial charge in [-0.3, -0.25) is 5.43 Å². The number of aromatic nitrogens is 1. The summed E-state index contributed by atoms with van der Waals surface area (Å²) >= 11 is 5.41. The minimum atomic E-state index is 0.370. The Hall–Kier alpha value is -3.84. The number of thiocarbonyl (C=S) groups is 1. The number of hydrogen-bond acceptors (Lipinski definition) is 4. The van der Waals surface area contributed by atoms with Crippen molar-refractivity contribution in [1.82, 2.24) is 9.99 Å². The van der Waals surface area contributed by atoms with Crippen LogP contribution in [0.25, 0.3) is 22.2 Å². The second-order valence-corrected chi connectivity index (χ2v) is 7.51. The van der Waals surface area contributed by atoms with Gasteiger partial charge < -0.3 is 19.4 Å². The van der Waals surface area contributed by atoms with E-state index in [2.05, 4.69) is 51.7 Å². The van der Waals surface area contributed by atoms with Gasteiger partial charge in [-0.05, 0) is 36.0 Å². The number of ether oxygens (including phenoxy) is 2. The monoisotopic (exact) mass is 444 g/mol. The number of hydrazone groups is 1. The molecule has 6 nitrogen and oxygen atoms in total. The zero-order valence-corrected chi connectivity index (χ0v) is 18.9. The summed E-state index contributed by atoms with van der Waals surface area (Å²) in [5.41, 5.74) is 8.05. The van der Waals surface area contributed by atoms with E-state index in [0.717, 1.165) is 33.4 Å². The first-order valence-corrected chi connectivity index (χ1v) is 10.5. The molecule has 0 aliphatic rings. The lowest BCUT2D eigenvalue weighted by Gasteiger charge is -2.11. The van der Waals surface area contributed by atoms with Crippen molar-refractivity contribution in [2.24, 2.45) is 12.1 Å². The second-order valence-electron chi connectivity index (χ2n) is 7.10. The van der Waals surface area contributed by atoms with E-state index < -0.39 is 0 Å². The van der Waals surface area contributed by atoms with Gasteiger partial charge in [0, 0.05) is 35.3 Å². The molecule has 4 rings (SSSR count). The number of aryl methyl sites for hydroxylation is 1. The molecule has 0 spiro atoms. The Labute approximate surface area is 192 Å². The summed E-state index contributed by atoms with van der Waals surface area (Å²) in [5.74, 6) is 1.27. The Kier molecular flexibility index (Phi) is 6.37. The van der Waals surface area contributed by atoms with E-state index in [1.54, 1.807) is 14.2 Å². The van der Waals surface area contributed by atoms with Crippen LogP contribution in [0.2, 0.25) is 0 Å². The zero-order valence-electron chi connectivity index (χ0n) is 18.1. The summed E-state index contributed by atoms with van der Waals surface area (Å²) in [6.45, 7) is 0. The van der Waals surface area contributed by atoms with Gasteiger partial charge in [-0.15, -0.1) is 0 Å². The molecular weight excluding hydrogens is 420 g/mol. The molecule has 0 radical (unpaired) electrons. The maximum atomic E-state index is 5.41. The third-order valence-electron chi connectivity index (χ3n) is 5.19. The summed E-state index contributed by atoms with van der Waals surface area (Å²) < 4.78 is 12.8. The van der Waals surface area contributed by atoms with Crippen molar-refractivity contribution in [2.45, 2.75) is 0 Å². The van der Waals surface area contributed by atoms with Crippen LogP contribution in [0.4, 0.5) is 5.69 Å².